The van der Waals surface area contributed by atoms with Crippen molar-refractivity contribution in [2.75, 3.05) is 0 Å². The smallest absolute Gasteiger partial charge is 0.432 e. The topological polar surface area (TPSA) is 89.9 Å². The van der Waals surface area contributed by atoms with Crippen LogP contribution in [0.5, 0.6) is 0 Å². The number of carbonyl (C=O) groups is 1. The number of halogens is 5. The molecule has 0 aromatic carbocycles. The molecule has 0 saturated heterocycles. The molecule has 5 unspecified atom stereocenters. The van der Waals surface area contributed by atoms with Crippen LogP contribution in [0.15, 0.2) is 0 Å². The normalized spacial score (nSPS) is 30.4. The summed E-state index contributed by atoms with van der Waals surface area (Å²) in [6, 6.07) is 0. The van der Waals surface area contributed by atoms with Gasteiger partial charge in [-0.2, -0.15) is 30.4 Å². The largest absolute Gasteiger partial charge is 0.444 e. The molecule has 2 aliphatic carbocycles. The van der Waals surface area contributed by atoms with E-state index in [0.717, 1.165) is 0 Å². The van der Waals surface area contributed by atoms with Gasteiger partial charge in [0.25, 0.3) is 6.10 Å². The van der Waals surface area contributed by atoms with Crippen LogP contribution in [0, 0.1) is 17.8 Å². The van der Waals surface area contributed by atoms with Crippen molar-refractivity contribution in [2.24, 2.45) is 17.8 Å². The number of rotatable bonds is 5. The average molecular weight is 424 g/mol. The molecule has 2 saturated carbocycles. The van der Waals surface area contributed by atoms with E-state index in [2.05, 4.69) is 4.74 Å². The van der Waals surface area contributed by atoms with Gasteiger partial charge in [-0.05, 0) is 51.9 Å². The molecule has 158 valence electrons. The van der Waals surface area contributed by atoms with Gasteiger partial charge in [0.05, 0.1) is 17.6 Å². The lowest BCUT2D eigenvalue weighted by Crippen LogP contribution is -2.53. The number of ether oxygens (including phenoxy) is 2. The van der Waals surface area contributed by atoms with Gasteiger partial charge in [-0.1, -0.05) is 0 Å². The lowest BCUT2D eigenvalue weighted by molar-refractivity contribution is -0.261. The lowest BCUT2D eigenvalue weighted by atomic mass is 9.87. The SMILES string of the molecule is CC(C)(C)OC1CC2CC1CC2C(=O)OC(C(F)(F)F)C(F)(F)S(=O)(=O)O. The predicted octanol–water partition coefficient (Wildman–Crippen LogP) is 3.17. The van der Waals surface area contributed by atoms with Crippen LogP contribution in [0.1, 0.15) is 40.0 Å². The Labute approximate surface area is 153 Å². The standard InChI is InChI=1S/C15H21F5O6S/c1-13(2,3)26-10-6-7-4-8(10)5-9(7)11(21)25-12(14(16,17)18)15(19,20)27(22,23)24/h7-10,12H,4-6H2,1-3H3,(H,22,23,24). The van der Waals surface area contributed by atoms with Gasteiger partial charge in [-0.25, -0.2) is 0 Å². The molecular weight excluding hydrogens is 403 g/mol. The molecule has 2 bridgehead atoms. The van der Waals surface area contributed by atoms with Gasteiger partial charge in [-0.15, -0.1) is 0 Å². The second kappa shape index (κ2) is 6.80. The Balaban J connectivity index is 2.11. The zero-order chi connectivity index (χ0) is 21.0. The summed E-state index contributed by atoms with van der Waals surface area (Å²) in [5.74, 6) is -3.14. The van der Waals surface area contributed by atoms with Gasteiger partial charge in [-0.3, -0.25) is 9.35 Å². The molecule has 12 heteroatoms. The highest BCUT2D eigenvalue weighted by molar-refractivity contribution is 7.86. The maximum atomic E-state index is 13.5. The lowest BCUT2D eigenvalue weighted by Gasteiger charge is -2.33. The van der Waals surface area contributed by atoms with E-state index in [9.17, 15) is 35.2 Å². The number of esters is 1. The third kappa shape index (κ3) is 4.70. The minimum atomic E-state index is -6.44. The van der Waals surface area contributed by atoms with Crippen molar-refractivity contribution in [3.05, 3.63) is 0 Å². The summed E-state index contributed by atoms with van der Waals surface area (Å²) in [7, 11) is -6.44. The molecular formula is C15H21F5O6S. The third-order valence-electron chi connectivity index (χ3n) is 4.78. The first kappa shape index (κ1) is 22.3. The van der Waals surface area contributed by atoms with Crippen LogP contribution in [0.2, 0.25) is 0 Å². The van der Waals surface area contributed by atoms with Crippen LogP contribution < -0.4 is 0 Å². The molecule has 0 aromatic rings. The first-order valence-electron chi connectivity index (χ1n) is 8.23. The molecule has 0 aliphatic heterocycles. The highest BCUT2D eigenvalue weighted by Gasteiger charge is 2.66. The van der Waals surface area contributed by atoms with Crippen LogP contribution >= 0.6 is 0 Å². The molecule has 0 aromatic heterocycles. The Morgan fingerprint density at radius 3 is 1.96 bits per heavy atom. The quantitative estimate of drug-likeness (QED) is 0.414. The summed E-state index contributed by atoms with van der Waals surface area (Å²) < 4.78 is 105. The number of hydrogen-bond acceptors (Lipinski definition) is 5. The molecule has 2 rings (SSSR count). The van der Waals surface area contributed by atoms with Crippen LogP contribution in [0.25, 0.3) is 0 Å². The predicted molar refractivity (Wildman–Crippen MR) is 81.4 cm³/mol. The van der Waals surface area contributed by atoms with Gasteiger partial charge in [0, 0.05) is 0 Å². The monoisotopic (exact) mass is 424 g/mol. The average Bonchev–Trinajstić information content (AvgIpc) is 2.99. The van der Waals surface area contributed by atoms with Crippen molar-refractivity contribution in [1.29, 1.82) is 0 Å². The fraction of sp³-hybridized carbons (Fsp3) is 0.933. The van der Waals surface area contributed by atoms with Crippen LogP contribution in [-0.4, -0.2) is 48.2 Å². The second-order valence-electron chi connectivity index (χ2n) is 8.00. The van der Waals surface area contributed by atoms with Crippen LogP contribution in [0.4, 0.5) is 22.0 Å². The summed E-state index contributed by atoms with van der Waals surface area (Å²) in [4.78, 5) is 12.1. The number of carbonyl (C=O) groups excluding carboxylic acids is 1. The van der Waals surface area contributed by atoms with Gasteiger partial charge < -0.3 is 9.47 Å². The fourth-order valence-electron chi connectivity index (χ4n) is 3.77. The van der Waals surface area contributed by atoms with Crippen molar-refractivity contribution in [3.63, 3.8) is 0 Å². The van der Waals surface area contributed by atoms with Gasteiger partial charge in [0.1, 0.15) is 0 Å². The van der Waals surface area contributed by atoms with Crippen molar-refractivity contribution in [1.82, 2.24) is 0 Å². The Morgan fingerprint density at radius 2 is 1.59 bits per heavy atom. The highest BCUT2D eigenvalue weighted by Crippen LogP contribution is 2.51. The van der Waals surface area contributed by atoms with E-state index in [1.54, 1.807) is 0 Å². The van der Waals surface area contributed by atoms with Gasteiger partial charge in [0.2, 0.25) is 0 Å². The molecule has 5 atom stereocenters. The van der Waals surface area contributed by atoms with Crippen molar-refractivity contribution >= 4 is 16.1 Å². The maximum absolute atomic E-state index is 13.5. The maximum Gasteiger partial charge on any atom is 0.432 e. The molecule has 0 amide bonds. The Kier molecular flexibility index (Phi) is 5.61. The summed E-state index contributed by atoms with van der Waals surface area (Å²) >= 11 is 0. The Hall–Kier alpha value is -1.01. The second-order valence-corrected chi connectivity index (χ2v) is 9.49. The molecule has 0 spiro atoms. The number of alkyl halides is 5. The summed E-state index contributed by atoms with van der Waals surface area (Å²) in [5.41, 5.74) is -0.454. The molecule has 27 heavy (non-hydrogen) atoms. The first-order chi connectivity index (χ1) is 11.9. The molecule has 0 radical (unpaired) electrons. The van der Waals surface area contributed by atoms with Crippen LogP contribution in [-0.2, 0) is 24.4 Å². The van der Waals surface area contributed by atoms with E-state index in [1.807, 2.05) is 20.8 Å². The Bertz CT molecular complexity index is 684. The molecule has 2 fully saturated rings. The fourth-order valence-corrected chi connectivity index (χ4v) is 4.23. The number of hydrogen-bond donors (Lipinski definition) is 1. The first-order valence-corrected chi connectivity index (χ1v) is 9.67. The van der Waals surface area contributed by atoms with E-state index < -0.39 is 51.1 Å². The van der Waals surface area contributed by atoms with Crippen molar-refractivity contribution in [2.45, 2.75) is 69.3 Å². The zero-order valence-electron chi connectivity index (χ0n) is 14.8. The molecule has 0 heterocycles. The molecule has 2 aliphatic rings. The summed E-state index contributed by atoms with van der Waals surface area (Å²) in [5, 5.41) is -5.71. The molecule has 6 nitrogen and oxygen atoms in total. The van der Waals surface area contributed by atoms with Crippen molar-refractivity contribution in [3.8, 4) is 0 Å². The van der Waals surface area contributed by atoms with Gasteiger partial charge >= 0.3 is 27.5 Å². The Morgan fingerprint density at radius 1 is 1.04 bits per heavy atom. The number of fused-ring (bicyclic) bond motifs is 2. The minimum absolute atomic E-state index is 0.103. The summed E-state index contributed by atoms with van der Waals surface area (Å²) in [6.45, 7) is 5.49. The zero-order valence-corrected chi connectivity index (χ0v) is 15.6. The van der Waals surface area contributed by atoms with E-state index in [1.165, 1.54) is 0 Å². The van der Waals surface area contributed by atoms with E-state index in [-0.39, 0.29) is 18.4 Å². The van der Waals surface area contributed by atoms with Gasteiger partial charge in [0.15, 0.2) is 0 Å². The van der Waals surface area contributed by atoms with E-state index in [0.29, 0.717) is 12.8 Å². The van der Waals surface area contributed by atoms with Crippen LogP contribution in [0.3, 0.4) is 0 Å². The minimum Gasteiger partial charge on any atom is -0.444 e. The molecule has 1 N–H and O–H groups in total. The summed E-state index contributed by atoms with van der Waals surface area (Å²) in [6.07, 6.45) is -9.42. The van der Waals surface area contributed by atoms with E-state index >= 15 is 0 Å². The van der Waals surface area contributed by atoms with Crippen molar-refractivity contribution < 1.29 is 49.2 Å². The van der Waals surface area contributed by atoms with E-state index in [4.69, 9.17) is 9.29 Å². The highest BCUT2D eigenvalue weighted by atomic mass is 32.2. The third-order valence-corrected chi connectivity index (χ3v) is 5.68.